The van der Waals surface area contributed by atoms with Gasteiger partial charge in [0, 0.05) is 44.5 Å². The van der Waals surface area contributed by atoms with Crippen molar-refractivity contribution in [3.05, 3.63) is 192 Å². The van der Waals surface area contributed by atoms with Crippen LogP contribution in [0.5, 0.6) is 23.0 Å². The maximum Gasteiger partial charge on any atom is 0.383 e. The van der Waals surface area contributed by atoms with E-state index in [-0.39, 0.29) is 0 Å². The molecule has 0 amide bonds. The Morgan fingerprint density at radius 3 is 0.707 bits per heavy atom. The molecule has 58 heavy (non-hydrogen) atoms. The molecule has 8 nitrogen and oxygen atoms in total. The predicted octanol–water partition coefficient (Wildman–Crippen LogP) is 10.1. The average Bonchev–Trinajstić information content (AvgIpc) is 3.43. The molecule has 0 N–H and O–H groups in total. The molecule has 0 atom stereocenters. The van der Waals surface area contributed by atoms with E-state index in [9.17, 15) is 19.2 Å². The number of Topliss-reactive ketones (excluding diaryl/α,β-unsaturated/α-hetero) is 4. The molecule has 2 aliphatic heterocycles. The van der Waals surface area contributed by atoms with E-state index in [0.29, 0.717) is 45.3 Å². The zero-order valence-corrected chi connectivity index (χ0v) is 30.4. The van der Waals surface area contributed by atoms with Crippen molar-refractivity contribution in [2.45, 2.75) is 11.6 Å². The van der Waals surface area contributed by atoms with Crippen molar-refractivity contribution >= 4 is 44.7 Å². The van der Waals surface area contributed by atoms with Gasteiger partial charge in [-0.15, -0.1) is 0 Å². The van der Waals surface area contributed by atoms with Crippen LogP contribution in [-0.2, 0) is 0 Å². The number of rotatable bonds is 0. The zero-order valence-electron chi connectivity index (χ0n) is 30.4. The summed E-state index contributed by atoms with van der Waals surface area (Å²) in [6, 6.07) is 51.6. The number of para-hydroxylation sites is 4. The van der Waals surface area contributed by atoms with Gasteiger partial charge in [-0.2, -0.15) is 0 Å². The Morgan fingerprint density at radius 2 is 0.466 bits per heavy atom. The van der Waals surface area contributed by atoms with Crippen LogP contribution < -0.4 is 18.9 Å². The van der Waals surface area contributed by atoms with Gasteiger partial charge in [-0.1, -0.05) is 121 Å². The van der Waals surface area contributed by atoms with Gasteiger partial charge < -0.3 is 18.9 Å². The first-order valence-electron chi connectivity index (χ1n) is 18.7. The molecule has 12 rings (SSSR count). The van der Waals surface area contributed by atoms with Crippen LogP contribution in [0.4, 0.5) is 0 Å². The average molecular weight is 757 g/mol. The molecule has 8 aromatic carbocycles. The van der Waals surface area contributed by atoms with E-state index in [4.69, 9.17) is 18.9 Å². The van der Waals surface area contributed by atoms with Crippen molar-refractivity contribution in [3.63, 3.8) is 0 Å². The molecule has 0 aromatic heterocycles. The molecule has 2 aliphatic carbocycles. The second kappa shape index (κ2) is 12.3. The lowest BCUT2D eigenvalue weighted by Gasteiger charge is -2.26. The first-order chi connectivity index (χ1) is 28.3. The number of carbonyl (C=O) groups is 4. The highest BCUT2D eigenvalue weighted by Gasteiger charge is 2.61. The van der Waals surface area contributed by atoms with E-state index in [1.54, 1.807) is 48.5 Å². The topological polar surface area (TPSA) is 105 Å². The Bertz CT molecular complexity index is 2710. The van der Waals surface area contributed by atoms with Gasteiger partial charge in [0.2, 0.25) is 0 Å². The molecule has 276 valence electrons. The van der Waals surface area contributed by atoms with Crippen LogP contribution in [0.2, 0.25) is 0 Å². The standard InChI is InChI=1S/2C25H14O4/c2*26-23-19-13-15-7-1-2-8-16(15)14-20(19)24(27)25(23)28-21-11-5-3-9-17(21)18-10-4-6-12-22(18)29-25/h2*1-14H. The lowest BCUT2D eigenvalue weighted by molar-refractivity contribution is -0.0485. The molecular formula is C50H28O8. The summed E-state index contributed by atoms with van der Waals surface area (Å²) in [6.07, 6.45) is 0. The summed E-state index contributed by atoms with van der Waals surface area (Å²) >= 11 is 0. The third kappa shape index (κ3) is 4.75. The molecular weight excluding hydrogens is 729 g/mol. The second-order valence-corrected chi connectivity index (χ2v) is 14.4. The zero-order chi connectivity index (χ0) is 39.2. The minimum atomic E-state index is -2.05. The van der Waals surface area contributed by atoms with E-state index in [1.165, 1.54) is 0 Å². The van der Waals surface area contributed by atoms with Gasteiger partial charge in [-0.25, -0.2) is 0 Å². The Kier molecular flexibility index (Phi) is 7.12. The van der Waals surface area contributed by atoms with Gasteiger partial charge in [0.1, 0.15) is 23.0 Å². The van der Waals surface area contributed by atoms with Gasteiger partial charge in [0.25, 0.3) is 23.1 Å². The number of ether oxygens (including phenoxy) is 4. The highest BCUT2D eigenvalue weighted by atomic mass is 16.7. The summed E-state index contributed by atoms with van der Waals surface area (Å²) in [5.74, 6) is -4.25. The third-order valence-corrected chi connectivity index (χ3v) is 11.1. The van der Waals surface area contributed by atoms with Crippen LogP contribution in [-0.4, -0.2) is 34.7 Å². The summed E-state index contributed by atoms with van der Waals surface area (Å²) in [5.41, 5.74) is 4.42. The van der Waals surface area contributed by atoms with Crippen molar-refractivity contribution in [1.82, 2.24) is 0 Å². The Hall–Kier alpha value is -7.84. The minimum Gasteiger partial charge on any atom is -0.439 e. The number of carbonyl (C=O) groups excluding carboxylic acids is 4. The Labute approximate surface area is 330 Å². The lowest BCUT2D eigenvalue weighted by atomic mass is 10.0. The summed E-state index contributed by atoms with van der Waals surface area (Å²) in [6.45, 7) is 0. The van der Waals surface area contributed by atoms with Crippen molar-refractivity contribution in [3.8, 4) is 45.3 Å². The smallest absolute Gasteiger partial charge is 0.383 e. The normalized spacial score (nSPS) is 15.9. The molecule has 0 fully saturated rings. The van der Waals surface area contributed by atoms with E-state index in [1.807, 2.05) is 121 Å². The quantitative estimate of drug-likeness (QED) is 0.141. The van der Waals surface area contributed by atoms with Crippen molar-refractivity contribution in [2.75, 3.05) is 0 Å². The molecule has 8 heteroatoms. The van der Waals surface area contributed by atoms with E-state index >= 15 is 0 Å². The van der Waals surface area contributed by atoms with Gasteiger partial charge in [-0.3, -0.25) is 19.2 Å². The van der Waals surface area contributed by atoms with E-state index in [2.05, 4.69) is 0 Å². The summed E-state index contributed by atoms with van der Waals surface area (Å²) in [5, 5.41) is 3.55. The maximum atomic E-state index is 13.5. The maximum absolute atomic E-state index is 13.5. The van der Waals surface area contributed by atoms with Crippen molar-refractivity contribution in [1.29, 1.82) is 0 Å². The van der Waals surface area contributed by atoms with E-state index < -0.39 is 34.7 Å². The van der Waals surface area contributed by atoms with E-state index in [0.717, 1.165) is 43.8 Å². The number of hydrogen-bond acceptors (Lipinski definition) is 8. The van der Waals surface area contributed by atoms with Crippen LogP contribution in [0.15, 0.2) is 170 Å². The van der Waals surface area contributed by atoms with Gasteiger partial charge in [-0.05, 0) is 70.1 Å². The molecule has 8 aromatic rings. The first kappa shape index (κ1) is 33.5. The SMILES string of the molecule is O=C1c2cc3ccccc3cc2C(=O)C12Oc1ccccc1-c1ccccc1O2.O=C1c2cc3ccccc3cc2C(=O)C12Oc1ccccc1-c1ccccc1O2. The fraction of sp³-hybridized carbons (Fsp3) is 0.0400. The predicted molar refractivity (Wildman–Crippen MR) is 217 cm³/mol. The van der Waals surface area contributed by atoms with Crippen LogP contribution in [0, 0.1) is 0 Å². The van der Waals surface area contributed by atoms with Crippen LogP contribution >= 0.6 is 0 Å². The fourth-order valence-corrected chi connectivity index (χ4v) is 8.29. The summed E-state index contributed by atoms with van der Waals surface area (Å²) in [7, 11) is 0. The largest absolute Gasteiger partial charge is 0.439 e. The number of ketones is 4. The molecule has 2 spiro atoms. The molecule has 0 saturated heterocycles. The van der Waals surface area contributed by atoms with Gasteiger partial charge in [0.15, 0.2) is 0 Å². The van der Waals surface area contributed by atoms with Crippen LogP contribution in [0.3, 0.4) is 0 Å². The monoisotopic (exact) mass is 756 g/mol. The molecule has 0 bridgehead atoms. The highest BCUT2D eigenvalue weighted by Crippen LogP contribution is 2.48. The third-order valence-electron chi connectivity index (χ3n) is 11.1. The summed E-state index contributed by atoms with van der Waals surface area (Å²) < 4.78 is 24.4. The second-order valence-electron chi connectivity index (χ2n) is 14.4. The van der Waals surface area contributed by atoms with Crippen LogP contribution in [0.25, 0.3) is 43.8 Å². The first-order valence-corrected chi connectivity index (χ1v) is 18.7. The van der Waals surface area contributed by atoms with Crippen molar-refractivity contribution < 1.29 is 38.1 Å². The number of fused-ring (bicyclic) bond motifs is 10. The highest BCUT2D eigenvalue weighted by molar-refractivity contribution is 6.33. The molecule has 0 unspecified atom stereocenters. The van der Waals surface area contributed by atoms with Gasteiger partial charge >= 0.3 is 11.6 Å². The fourth-order valence-electron chi connectivity index (χ4n) is 8.29. The summed E-state index contributed by atoms with van der Waals surface area (Å²) in [4.78, 5) is 54.1. The lowest BCUT2D eigenvalue weighted by Crippen LogP contribution is -2.52. The van der Waals surface area contributed by atoms with Crippen LogP contribution in [0.1, 0.15) is 41.4 Å². The number of benzene rings is 8. The van der Waals surface area contributed by atoms with Gasteiger partial charge in [0.05, 0.1) is 0 Å². The molecule has 4 aliphatic rings. The molecule has 0 saturated carbocycles. The minimum absolute atomic E-state index is 0.325. The van der Waals surface area contributed by atoms with Crippen molar-refractivity contribution in [2.24, 2.45) is 0 Å². The molecule has 0 radical (unpaired) electrons. The Balaban J connectivity index is 0.000000133. The molecule has 2 heterocycles. The Morgan fingerprint density at radius 1 is 0.259 bits per heavy atom. The number of hydrogen-bond donors (Lipinski definition) is 0.